The molecule has 0 radical (unpaired) electrons. The Morgan fingerprint density at radius 1 is 0.778 bits per heavy atom. The maximum atomic E-state index is 5.48. The Morgan fingerprint density at radius 2 is 1.39 bits per heavy atom. The van der Waals surface area contributed by atoms with Crippen LogP contribution in [-0.2, 0) is 14.2 Å². The molecule has 0 bridgehead atoms. The zero-order valence-corrected chi connectivity index (χ0v) is 12.4. The van der Waals surface area contributed by atoms with Gasteiger partial charge in [0.15, 0.2) is 0 Å². The zero-order valence-electron chi connectivity index (χ0n) is 12.4. The lowest BCUT2D eigenvalue weighted by Gasteiger charge is -2.08. The van der Waals surface area contributed by atoms with Crippen molar-refractivity contribution in [3.05, 3.63) is 0 Å². The van der Waals surface area contributed by atoms with Crippen LogP contribution < -0.4 is 5.32 Å². The van der Waals surface area contributed by atoms with Crippen LogP contribution in [0, 0.1) is 0 Å². The standard InChI is InChI=1S/C14H31NO3/c1-14(2)15-8-6-4-5-7-9-17-12-13-18-11-10-16-3/h14-15H,4-13H2,1-3H3. The number of ether oxygens (including phenoxy) is 3. The van der Waals surface area contributed by atoms with E-state index in [2.05, 4.69) is 19.2 Å². The van der Waals surface area contributed by atoms with Crippen LogP contribution in [0.1, 0.15) is 39.5 Å². The average molecular weight is 261 g/mol. The molecule has 0 aliphatic carbocycles. The molecule has 0 amide bonds. The molecule has 0 saturated carbocycles. The van der Waals surface area contributed by atoms with E-state index in [-0.39, 0.29) is 0 Å². The van der Waals surface area contributed by atoms with E-state index in [0.717, 1.165) is 19.6 Å². The van der Waals surface area contributed by atoms with Gasteiger partial charge in [-0.15, -0.1) is 0 Å². The minimum atomic E-state index is 0.603. The maximum Gasteiger partial charge on any atom is 0.0701 e. The first-order valence-electron chi connectivity index (χ1n) is 7.15. The van der Waals surface area contributed by atoms with Gasteiger partial charge in [-0.3, -0.25) is 0 Å². The molecule has 0 heterocycles. The number of rotatable bonds is 14. The molecule has 0 unspecified atom stereocenters. The SMILES string of the molecule is COCCOCCOCCCCCCNC(C)C. The van der Waals surface area contributed by atoms with E-state index in [0.29, 0.717) is 32.5 Å². The summed E-state index contributed by atoms with van der Waals surface area (Å²) in [7, 11) is 1.68. The van der Waals surface area contributed by atoms with Gasteiger partial charge in [0, 0.05) is 19.8 Å². The third kappa shape index (κ3) is 15.8. The average Bonchev–Trinajstić information content (AvgIpc) is 2.34. The molecule has 18 heavy (non-hydrogen) atoms. The van der Waals surface area contributed by atoms with Gasteiger partial charge in [-0.2, -0.15) is 0 Å². The predicted octanol–water partition coefficient (Wildman–Crippen LogP) is 2.22. The molecular formula is C14H31NO3. The lowest BCUT2D eigenvalue weighted by atomic mass is 10.2. The molecule has 4 heteroatoms. The Hall–Kier alpha value is -0.160. The molecule has 0 aromatic carbocycles. The number of unbranched alkanes of at least 4 members (excludes halogenated alkanes) is 3. The van der Waals surface area contributed by atoms with Crippen LogP contribution in [0.4, 0.5) is 0 Å². The quantitative estimate of drug-likeness (QED) is 0.487. The summed E-state index contributed by atoms with van der Waals surface area (Å²) in [5.74, 6) is 0. The molecule has 0 spiro atoms. The summed E-state index contributed by atoms with van der Waals surface area (Å²) in [6, 6.07) is 0.603. The first-order chi connectivity index (χ1) is 8.77. The second-order valence-electron chi connectivity index (χ2n) is 4.74. The van der Waals surface area contributed by atoms with Crippen LogP contribution in [0.5, 0.6) is 0 Å². The molecule has 0 rings (SSSR count). The predicted molar refractivity (Wildman–Crippen MR) is 75.1 cm³/mol. The first-order valence-corrected chi connectivity index (χ1v) is 7.15. The van der Waals surface area contributed by atoms with Gasteiger partial charge in [0.1, 0.15) is 0 Å². The van der Waals surface area contributed by atoms with Crippen molar-refractivity contribution in [2.24, 2.45) is 0 Å². The van der Waals surface area contributed by atoms with Crippen LogP contribution in [-0.4, -0.2) is 52.7 Å². The van der Waals surface area contributed by atoms with E-state index in [4.69, 9.17) is 14.2 Å². The number of hydrogen-bond acceptors (Lipinski definition) is 4. The van der Waals surface area contributed by atoms with Crippen molar-refractivity contribution in [3.63, 3.8) is 0 Å². The number of methoxy groups -OCH3 is 1. The fourth-order valence-electron chi connectivity index (χ4n) is 1.54. The Balaban J connectivity index is 2.90. The number of nitrogens with one attached hydrogen (secondary N) is 1. The Morgan fingerprint density at radius 3 is 2.06 bits per heavy atom. The summed E-state index contributed by atoms with van der Waals surface area (Å²) in [5, 5.41) is 3.42. The highest BCUT2D eigenvalue weighted by molar-refractivity contribution is 4.53. The van der Waals surface area contributed by atoms with Gasteiger partial charge in [0.2, 0.25) is 0 Å². The van der Waals surface area contributed by atoms with Crippen molar-refractivity contribution in [1.82, 2.24) is 5.32 Å². The van der Waals surface area contributed by atoms with E-state index in [1.165, 1.54) is 19.3 Å². The minimum Gasteiger partial charge on any atom is -0.382 e. The van der Waals surface area contributed by atoms with E-state index < -0.39 is 0 Å². The van der Waals surface area contributed by atoms with Crippen molar-refractivity contribution in [2.75, 3.05) is 46.7 Å². The highest BCUT2D eigenvalue weighted by atomic mass is 16.5. The molecule has 0 aromatic rings. The van der Waals surface area contributed by atoms with Gasteiger partial charge in [-0.05, 0) is 19.4 Å². The summed E-state index contributed by atoms with van der Waals surface area (Å²) in [6.45, 7) is 9.02. The second-order valence-corrected chi connectivity index (χ2v) is 4.74. The summed E-state index contributed by atoms with van der Waals surface area (Å²) < 4.78 is 15.7. The van der Waals surface area contributed by atoms with Gasteiger partial charge < -0.3 is 19.5 Å². The summed E-state index contributed by atoms with van der Waals surface area (Å²) >= 11 is 0. The molecule has 0 atom stereocenters. The lowest BCUT2D eigenvalue weighted by Crippen LogP contribution is -2.23. The summed E-state index contributed by atoms with van der Waals surface area (Å²) in [5.41, 5.74) is 0. The minimum absolute atomic E-state index is 0.603. The van der Waals surface area contributed by atoms with Crippen molar-refractivity contribution in [2.45, 2.75) is 45.6 Å². The van der Waals surface area contributed by atoms with Crippen molar-refractivity contribution in [1.29, 1.82) is 0 Å². The van der Waals surface area contributed by atoms with Crippen LogP contribution >= 0.6 is 0 Å². The largest absolute Gasteiger partial charge is 0.382 e. The van der Waals surface area contributed by atoms with Gasteiger partial charge >= 0.3 is 0 Å². The number of hydrogen-bond donors (Lipinski definition) is 1. The third-order valence-corrected chi connectivity index (χ3v) is 2.57. The Bertz CT molecular complexity index is 154. The topological polar surface area (TPSA) is 39.7 Å². The fraction of sp³-hybridized carbons (Fsp3) is 1.00. The molecule has 0 aromatic heterocycles. The third-order valence-electron chi connectivity index (χ3n) is 2.57. The van der Waals surface area contributed by atoms with Gasteiger partial charge in [-0.1, -0.05) is 26.7 Å². The van der Waals surface area contributed by atoms with E-state index in [1.54, 1.807) is 7.11 Å². The van der Waals surface area contributed by atoms with Crippen molar-refractivity contribution >= 4 is 0 Å². The highest BCUT2D eigenvalue weighted by Gasteiger charge is 1.94. The zero-order chi connectivity index (χ0) is 13.5. The van der Waals surface area contributed by atoms with Crippen LogP contribution in [0.3, 0.4) is 0 Å². The van der Waals surface area contributed by atoms with Crippen molar-refractivity contribution in [3.8, 4) is 0 Å². The first kappa shape index (κ1) is 17.8. The molecular weight excluding hydrogens is 230 g/mol. The molecule has 4 nitrogen and oxygen atoms in total. The molecule has 0 aliphatic rings. The summed E-state index contributed by atoms with van der Waals surface area (Å²) in [4.78, 5) is 0. The Labute approximate surface area is 112 Å². The molecule has 0 saturated heterocycles. The van der Waals surface area contributed by atoms with Crippen LogP contribution in [0.2, 0.25) is 0 Å². The van der Waals surface area contributed by atoms with Crippen LogP contribution in [0.25, 0.3) is 0 Å². The summed E-state index contributed by atoms with van der Waals surface area (Å²) in [6.07, 6.45) is 4.95. The molecule has 0 fully saturated rings. The Kier molecular flexibility index (Phi) is 14.8. The van der Waals surface area contributed by atoms with Crippen LogP contribution in [0.15, 0.2) is 0 Å². The van der Waals surface area contributed by atoms with Crippen molar-refractivity contribution < 1.29 is 14.2 Å². The molecule has 0 aliphatic heterocycles. The fourth-order valence-corrected chi connectivity index (χ4v) is 1.54. The van der Waals surface area contributed by atoms with Gasteiger partial charge in [-0.25, -0.2) is 0 Å². The molecule has 110 valence electrons. The van der Waals surface area contributed by atoms with E-state index >= 15 is 0 Å². The second kappa shape index (κ2) is 14.9. The van der Waals surface area contributed by atoms with E-state index in [9.17, 15) is 0 Å². The van der Waals surface area contributed by atoms with Gasteiger partial charge in [0.05, 0.1) is 26.4 Å². The maximum absolute atomic E-state index is 5.48. The van der Waals surface area contributed by atoms with Gasteiger partial charge in [0.25, 0.3) is 0 Å². The smallest absolute Gasteiger partial charge is 0.0701 e. The lowest BCUT2D eigenvalue weighted by molar-refractivity contribution is 0.0239. The highest BCUT2D eigenvalue weighted by Crippen LogP contribution is 1.99. The normalized spacial score (nSPS) is 11.3. The molecule has 1 N–H and O–H groups in total. The monoisotopic (exact) mass is 261 g/mol. The van der Waals surface area contributed by atoms with E-state index in [1.807, 2.05) is 0 Å².